The third kappa shape index (κ3) is 5.94. The predicted molar refractivity (Wildman–Crippen MR) is 149 cm³/mol. The highest BCUT2D eigenvalue weighted by atomic mass is 127. The van der Waals surface area contributed by atoms with Crippen LogP contribution in [-0.4, -0.2) is 66.9 Å². The molecule has 1 N–H and O–H groups in total. The molecule has 3 aromatic heterocycles. The molecule has 3 aromatic rings. The molecular weight excluding hydrogens is 593 g/mol. The third-order valence-electron chi connectivity index (χ3n) is 6.14. The minimum atomic E-state index is -1.14. The molecule has 1 amide bonds. The van der Waals surface area contributed by atoms with Gasteiger partial charge in [-0.1, -0.05) is 36.4 Å². The number of nitrogens with zero attached hydrogens (tertiary/aromatic N) is 5. The van der Waals surface area contributed by atoms with Crippen LogP contribution in [0.25, 0.3) is 11.7 Å². The van der Waals surface area contributed by atoms with Crippen molar-refractivity contribution in [3.63, 3.8) is 0 Å². The number of anilines is 1. The molecule has 0 radical (unpaired) electrons. The number of aromatic nitrogens is 3. The zero-order valence-electron chi connectivity index (χ0n) is 20.2. The van der Waals surface area contributed by atoms with Crippen molar-refractivity contribution < 1.29 is 14.7 Å². The Morgan fingerprint density at radius 3 is 2.58 bits per heavy atom. The molecule has 0 unspecified atom stereocenters. The summed E-state index contributed by atoms with van der Waals surface area (Å²) in [4.78, 5) is 49.9. The maximum atomic E-state index is 13.4. The molecule has 9 nitrogen and oxygen atoms in total. The molecular formula is C25H28IN5O4S. The average molecular weight is 622 g/mol. The predicted octanol–water partition coefficient (Wildman–Crippen LogP) is 3.24. The van der Waals surface area contributed by atoms with E-state index in [0.29, 0.717) is 48.0 Å². The Balaban J connectivity index is 1.64. The molecule has 1 aliphatic heterocycles. The third-order valence-corrected chi connectivity index (χ3v) is 7.72. The quantitative estimate of drug-likeness (QED) is 0.234. The van der Waals surface area contributed by atoms with E-state index in [2.05, 4.69) is 41.8 Å². The molecule has 36 heavy (non-hydrogen) atoms. The summed E-state index contributed by atoms with van der Waals surface area (Å²) in [6, 6.07) is 3.80. The van der Waals surface area contributed by atoms with Crippen molar-refractivity contribution in [1.82, 2.24) is 19.3 Å². The molecule has 0 aliphatic carbocycles. The van der Waals surface area contributed by atoms with Crippen molar-refractivity contribution in [3.05, 3.63) is 62.0 Å². The van der Waals surface area contributed by atoms with Crippen LogP contribution in [0.2, 0.25) is 0 Å². The Labute approximate surface area is 226 Å². The normalized spacial score (nSPS) is 14.3. The van der Waals surface area contributed by atoms with Crippen molar-refractivity contribution in [2.45, 2.75) is 32.6 Å². The standard InChI is InChI=1S/C25H28IN5O4S/c1-16(2)19-15-36-21(27-19)5-3-17-7-8-31-20(13-17)28-24(18(25(31)35)4-6-23(33)34)30-11-9-29(10-12-30)22(32)14-26/h4,6-8,13,15-16H,3,5,9-12,14H2,1-2H3,(H,33,34)/b6-4+. The molecule has 1 saturated heterocycles. The van der Waals surface area contributed by atoms with Gasteiger partial charge in [-0.25, -0.2) is 14.8 Å². The summed E-state index contributed by atoms with van der Waals surface area (Å²) in [5.74, 6) is -0.215. The zero-order valence-corrected chi connectivity index (χ0v) is 23.2. The van der Waals surface area contributed by atoms with E-state index in [1.165, 1.54) is 10.5 Å². The maximum Gasteiger partial charge on any atom is 0.328 e. The van der Waals surface area contributed by atoms with Crippen LogP contribution < -0.4 is 10.5 Å². The van der Waals surface area contributed by atoms with Crippen molar-refractivity contribution in [2.75, 3.05) is 35.5 Å². The Bertz CT molecular complexity index is 1360. The van der Waals surface area contributed by atoms with E-state index < -0.39 is 5.97 Å². The van der Waals surface area contributed by atoms with Gasteiger partial charge in [0.05, 0.1) is 20.7 Å². The largest absolute Gasteiger partial charge is 0.478 e. The number of piperazine rings is 1. The number of alkyl halides is 1. The van der Waals surface area contributed by atoms with Gasteiger partial charge in [-0.2, -0.15) is 0 Å². The van der Waals surface area contributed by atoms with Crippen LogP contribution in [0, 0.1) is 0 Å². The highest BCUT2D eigenvalue weighted by Crippen LogP contribution is 2.22. The number of hydrogen-bond acceptors (Lipinski definition) is 7. The molecule has 0 aromatic carbocycles. The number of amides is 1. The number of hydrogen-bond donors (Lipinski definition) is 1. The number of carboxylic acids is 1. The SMILES string of the molecule is CC(C)c1csc(CCc2ccn3c(=O)c(/C=C/C(=O)O)c(N4CCN(C(=O)CI)CC4)nc3c2)n1. The van der Waals surface area contributed by atoms with Gasteiger partial charge in [-0.05, 0) is 36.1 Å². The molecule has 1 fully saturated rings. The second-order valence-electron chi connectivity index (χ2n) is 8.91. The van der Waals surface area contributed by atoms with Crippen molar-refractivity contribution in [2.24, 2.45) is 0 Å². The van der Waals surface area contributed by atoms with Gasteiger partial charge in [-0.15, -0.1) is 11.3 Å². The fourth-order valence-electron chi connectivity index (χ4n) is 4.09. The van der Waals surface area contributed by atoms with Crippen LogP contribution in [0.3, 0.4) is 0 Å². The second kappa shape index (κ2) is 11.5. The van der Waals surface area contributed by atoms with E-state index in [1.807, 2.05) is 17.0 Å². The fourth-order valence-corrected chi connectivity index (χ4v) is 5.53. The Morgan fingerprint density at radius 1 is 1.19 bits per heavy atom. The van der Waals surface area contributed by atoms with E-state index in [9.17, 15) is 14.4 Å². The lowest BCUT2D eigenvalue weighted by molar-refractivity contribution is -0.131. The van der Waals surface area contributed by atoms with Gasteiger partial charge < -0.3 is 14.9 Å². The highest BCUT2D eigenvalue weighted by Gasteiger charge is 2.24. The first-order valence-corrected chi connectivity index (χ1v) is 14.2. The van der Waals surface area contributed by atoms with Crippen molar-refractivity contribution >= 4 is 63.3 Å². The van der Waals surface area contributed by atoms with E-state index in [-0.39, 0.29) is 17.0 Å². The molecule has 190 valence electrons. The zero-order chi connectivity index (χ0) is 25.8. The molecule has 11 heteroatoms. The number of rotatable bonds is 8. The molecule has 0 bridgehead atoms. The summed E-state index contributed by atoms with van der Waals surface area (Å²) in [7, 11) is 0. The van der Waals surface area contributed by atoms with Crippen molar-refractivity contribution in [1.29, 1.82) is 0 Å². The van der Waals surface area contributed by atoms with Gasteiger partial charge in [-0.3, -0.25) is 14.0 Å². The van der Waals surface area contributed by atoms with Crippen LogP contribution in [0.5, 0.6) is 0 Å². The number of carboxylic acid groups (broad SMARTS) is 1. The number of aryl methyl sites for hydroxylation is 2. The van der Waals surface area contributed by atoms with Gasteiger partial charge in [0.15, 0.2) is 0 Å². The number of carbonyl (C=O) groups is 2. The first-order chi connectivity index (χ1) is 17.3. The summed E-state index contributed by atoms with van der Waals surface area (Å²) in [6.07, 6.45) is 5.53. The Morgan fingerprint density at radius 2 is 1.94 bits per heavy atom. The van der Waals surface area contributed by atoms with Gasteiger partial charge in [0.1, 0.15) is 11.5 Å². The molecule has 0 atom stereocenters. The number of thiazole rings is 1. The lowest BCUT2D eigenvalue weighted by Crippen LogP contribution is -2.50. The van der Waals surface area contributed by atoms with Crippen LogP contribution in [0.4, 0.5) is 5.82 Å². The van der Waals surface area contributed by atoms with Gasteiger partial charge in [0.25, 0.3) is 5.56 Å². The molecule has 0 spiro atoms. The number of carbonyl (C=O) groups excluding carboxylic acids is 1. The van der Waals surface area contributed by atoms with Crippen LogP contribution in [0.1, 0.15) is 41.6 Å². The van der Waals surface area contributed by atoms with Crippen LogP contribution >= 0.6 is 33.9 Å². The molecule has 1 aliphatic rings. The second-order valence-corrected chi connectivity index (χ2v) is 10.6. The molecule has 4 heterocycles. The Hall–Kier alpha value is -2.80. The lowest BCUT2D eigenvalue weighted by atomic mass is 10.1. The van der Waals surface area contributed by atoms with Gasteiger partial charge in [0, 0.05) is 50.3 Å². The summed E-state index contributed by atoms with van der Waals surface area (Å²) in [6.45, 7) is 6.34. The van der Waals surface area contributed by atoms with E-state index in [4.69, 9.17) is 15.1 Å². The van der Waals surface area contributed by atoms with E-state index >= 15 is 0 Å². The summed E-state index contributed by atoms with van der Waals surface area (Å²) in [5, 5.41) is 12.3. The van der Waals surface area contributed by atoms with Crippen molar-refractivity contribution in [3.8, 4) is 0 Å². The van der Waals surface area contributed by atoms with E-state index in [0.717, 1.165) is 35.2 Å². The Kier molecular flexibility index (Phi) is 8.39. The fraction of sp³-hybridized carbons (Fsp3) is 0.400. The van der Waals surface area contributed by atoms with E-state index in [1.54, 1.807) is 22.4 Å². The first-order valence-electron chi connectivity index (χ1n) is 11.8. The highest BCUT2D eigenvalue weighted by molar-refractivity contribution is 14.1. The summed E-state index contributed by atoms with van der Waals surface area (Å²) < 4.78 is 1.87. The molecule has 0 saturated carbocycles. The van der Waals surface area contributed by atoms with Gasteiger partial charge >= 0.3 is 5.97 Å². The van der Waals surface area contributed by atoms with Crippen LogP contribution in [-0.2, 0) is 22.4 Å². The number of pyridine rings is 1. The number of fused-ring (bicyclic) bond motifs is 1. The van der Waals surface area contributed by atoms with Crippen LogP contribution in [0.15, 0.2) is 34.6 Å². The topological polar surface area (TPSA) is 108 Å². The minimum Gasteiger partial charge on any atom is -0.478 e. The molecule has 4 rings (SSSR count). The lowest BCUT2D eigenvalue weighted by Gasteiger charge is -2.35. The van der Waals surface area contributed by atoms with Gasteiger partial charge in [0.2, 0.25) is 5.91 Å². The maximum absolute atomic E-state index is 13.4. The average Bonchev–Trinajstić information content (AvgIpc) is 3.36. The summed E-state index contributed by atoms with van der Waals surface area (Å²) in [5.41, 5.74) is 2.55. The number of aliphatic carboxylic acids is 1. The monoisotopic (exact) mass is 621 g/mol. The number of halogens is 1. The smallest absolute Gasteiger partial charge is 0.328 e. The summed E-state index contributed by atoms with van der Waals surface area (Å²) >= 11 is 3.72. The first kappa shape index (κ1) is 26.3. The minimum absolute atomic E-state index is 0.0816.